The van der Waals surface area contributed by atoms with Crippen LogP contribution in [0.5, 0.6) is 5.75 Å². The van der Waals surface area contributed by atoms with Crippen LogP contribution < -0.4 is 10.1 Å². The highest BCUT2D eigenvalue weighted by molar-refractivity contribution is 5.21. The van der Waals surface area contributed by atoms with Crippen molar-refractivity contribution >= 4 is 0 Å². The topological polar surface area (TPSA) is 21.3 Å². The fourth-order valence-corrected chi connectivity index (χ4v) is 1.99. The van der Waals surface area contributed by atoms with Crippen LogP contribution in [0.4, 0.5) is 4.39 Å². The summed E-state index contributed by atoms with van der Waals surface area (Å²) in [4.78, 5) is 0. The van der Waals surface area contributed by atoms with Crippen LogP contribution >= 0.6 is 0 Å². The molecule has 20 heavy (non-hydrogen) atoms. The summed E-state index contributed by atoms with van der Waals surface area (Å²) in [7, 11) is 0. The number of hydrogen-bond donors (Lipinski definition) is 1. The Morgan fingerprint density at radius 2 is 1.90 bits per heavy atom. The van der Waals surface area contributed by atoms with E-state index in [4.69, 9.17) is 4.74 Å². The first-order chi connectivity index (χ1) is 9.75. The molecule has 2 aromatic carbocycles. The number of para-hydroxylation sites is 1. The molecule has 0 fully saturated rings. The lowest BCUT2D eigenvalue weighted by Crippen LogP contribution is -2.21. The van der Waals surface area contributed by atoms with Gasteiger partial charge < -0.3 is 10.1 Å². The zero-order valence-corrected chi connectivity index (χ0v) is 11.7. The fourth-order valence-electron chi connectivity index (χ4n) is 1.99. The number of nitrogens with one attached hydrogen (secondary N) is 1. The molecule has 0 aliphatic rings. The van der Waals surface area contributed by atoms with Gasteiger partial charge in [0.2, 0.25) is 0 Å². The first kappa shape index (κ1) is 14.5. The van der Waals surface area contributed by atoms with E-state index in [2.05, 4.69) is 5.32 Å². The van der Waals surface area contributed by atoms with Gasteiger partial charge in [0.15, 0.2) is 0 Å². The quantitative estimate of drug-likeness (QED) is 0.771. The average molecular weight is 273 g/mol. The third-order valence-electron chi connectivity index (χ3n) is 3.13. The number of rotatable bonds is 7. The van der Waals surface area contributed by atoms with Crippen molar-refractivity contribution in [3.8, 4) is 5.75 Å². The molecule has 0 aromatic heterocycles. The highest BCUT2D eigenvalue weighted by Gasteiger charge is 2.04. The van der Waals surface area contributed by atoms with E-state index in [-0.39, 0.29) is 11.9 Å². The average Bonchev–Trinajstić information content (AvgIpc) is 2.48. The SMILES string of the molecule is CC(NCCCOc1ccccc1)c1cccc(F)c1. The second kappa shape index (κ2) is 7.65. The summed E-state index contributed by atoms with van der Waals surface area (Å²) in [6.07, 6.45) is 0.911. The lowest BCUT2D eigenvalue weighted by atomic mass is 10.1. The maximum atomic E-state index is 13.1. The van der Waals surface area contributed by atoms with E-state index in [1.807, 2.05) is 43.3 Å². The van der Waals surface area contributed by atoms with Crippen LogP contribution in [0, 0.1) is 5.82 Å². The Labute approximate surface area is 119 Å². The molecule has 0 heterocycles. The minimum Gasteiger partial charge on any atom is -0.494 e. The molecule has 0 saturated heterocycles. The summed E-state index contributed by atoms with van der Waals surface area (Å²) in [6.45, 7) is 3.55. The molecule has 0 amide bonds. The Bertz CT molecular complexity index is 515. The Morgan fingerprint density at radius 1 is 1.10 bits per heavy atom. The van der Waals surface area contributed by atoms with Crippen molar-refractivity contribution in [2.24, 2.45) is 0 Å². The molecule has 0 aliphatic carbocycles. The number of halogens is 1. The van der Waals surface area contributed by atoms with Gasteiger partial charge >= 0.3 is 0 Å². The van der Waals surface area contributed by atoms with Gasteiger partial charge in [-0.3, -0.25) is 0 Å². The molecule has 0 radical (unpaired) electrons. The first-order valence-electron chi connectivity index (χ1n) is 6.92. The summed E-state index contributed by atoms with van der Waals surface area (Å²) in [5, 5.41) is 3.37. The molecule has 1 unspecified atom stereocenters. The minimum atomic E-state index is -0.191. The van der Waals surface area contributed by atoms with Crippen LogP contribution in [-0.2, 0) is 0 Å². The molecule has 0 aliphatic heterocycles. The highest BCUT2D eigenvalue weighted by Crippen LogP contribution is 2.13. The van der Waals surface area contributed by atoms with Crippen molar-refractivity contribution in [2.45, 2.75) is 19.4 Å². The largest absolute Gasteiger partial charge is 0.494 e. The third kappa shape index (κ3) is 4.67. The summed E-state index contributed by atoms with van der Waals surface area (Å²) in [5.74, 6) is 0.703. The van der Waals surface area contributed by atoms with Crippen LogP contribution in [0.3, 0.4) is 0 Å². The Kier molecular flexibility index (Phi) is 5.56. The minimum absolute atomic E-state index is 0.141. The molecule has 1 atom stereocenters. The Balaban J connectivity index is 1.66. The zero-order chi connectivity index (χ0) is 14.2. The van der Waals surface area contributed by atoms with Gasteiger partial charge in [0.1, 0.15) is 11.6 Å². The van der Waals surface area contributed by atoms with Gasteiger partial charge in [0.25, 0.3) is 0 Å². The predicted molar refractivity (Wildman–Crippen MR) is 79.4 cm³/mol. The normalized spacial score (nSPS) is 12.1. The summed E-state index contributed by atoms with van der Waals surface area (Å²) < 4.78 is 18.7. The highest BCUT2D eigenvalue weighted by atomic mass is 19.1. The maximum absolute atomic E-state index is 13.1. The van der Waals surface area contributed by atoms with Gasteiger partial charge in [-0.1, -0.05) is 30.3 Å². The summed E-state index contributed by atoms with van der Waals surface area (Å²) in [6, 6.07) is 16.6. The lowest BCUT2D eigenvalue weighted by molar-refractivity contribution is 0.305. The number of benzene rings is 2. The van der Waals surface area contributed by atoms with Crippen molar-refractivity contribution < 1.29 is 9.13 Å². The van der Waals surface area contributed by atoms with Crippen molar-refractivity contribution in [2.75, 3.05) is 13.2 Å². The van der Waals surface area contributed by atoms with Gasteiger partial charge in [-0.25, -0.2) is 4.39 Å². The van der Waals surface area contributed by atoms with Crippen molar-refractivity contribution in [1.82, 2.24) is 5.32 Å². The van der Waals surface area contributed by atoms with Crippen molar-refractivity contribution in [3.63, 3.8) is 0 Å². The summed E-state index contributed by atoms with van der Waals surface area (Å²) >= 11 is 0. The van der Waals surface area contributed by atoms with Crippen LogP contribution in [0.2, 0.25) is 0 Å². The molecule has 3 heteroatoms. The smallest absolute Gasteiger partial charge is 0.123 e. The molecule has 106 valence electrons. The van der Waals surface area contributed by atoms with E-state index in [0.717, 1.165) is 24.3 Å². The molecule has 0 saturated carbocycles. The van der Waals surface area contributed by atoms with E-state index < -0.39 is 0 Å². The molecule has 2 aromatic rings. The summed E-state index contributed by atoms with van der Waals surface area (Å²) in [5.41, 5.74) is 0.967. The van der Waals surface area contributed by atoms with Gasteiger partial charge in [-0.2, -0.15) is 0 Å². The van der Waals surface area contributed by atoms with E-state index in [1.54, 1.807) is 12.1 Å². The van der Waals surface area contributed by atoms with Gasteiger partial charge in [-0.05, 0) is 49.7 Å². The predicted octanol–water partition coefficient (Wildman–Crippen LogP) is 3.95. The van der Waals surface area contributed by atoms with Crippen molar-refractivity contribution in [3.05, 3.63) is 66.0 Å². The van der Waals surface area contributed by atoms with Crippen LogP contribution in [0.15, 0.2) is 54.6 Å². The first-order valence-corrected chi connectivity index (χ1v) is 6.92. The van der Waals surface area contributed by atoms with Crippen LogP contribution in [-0.4, -0.2) is 13.2 Å². The molecule has 2 nitrogen and oxygen atoms in total. The monoisotopic (exact) mass is 273 g/mol. The molecule has 1 N–H and O–H groups in total. The molecular weight excluding hydrogens is 253 g/mol. The van der Waals surface area contributed by atoms with Crippen LogP contribution in [0.25, 0.3) is 0 Å². The maximum Gasteiger partial charge on any atom is 0.123 e. The number of ether oxygens (including phenoxy) is 1. The molecule has 0 bridgehead atoms. The molecular formula is C17H20FNO. The lowest BCUT2D eigenvalue weighted by Gasteiger charge is -2.14. The van der Waals surface area contributed by atoms with Gasteiger partial charge in [-0.15, -0.1) is 0 Å². The second-order valence-corrected chi connectivity index (χ2v) is 4.75. The van der Waals surface area contributed by atoms with Gasteiger partial charge in [0.05, 0.1) is 6.61 Å². The van der Waals surface area contributed by atoms with E-state index in [9.17, 15) is 4.39 Å². The van der Waals surface area contributed by atoms with Crippen molar-refractivity contribution in [1.29, 1.82) is 0 Å². The van der Waals surface area contributed by atoms with Crippen LogP contribution in [0.1, 0.15) is 24.9 Å². The molecule has 0 spiro atoms. The van der Waals surface area contributed by atoms with Gasteiger partial charge in [0, 0.05) is 6.04 Å². The Hall–Kier alpha value is -1.87. The fraction of sp³-hybridized carbons (Fsp3) is 0.294. The third-order valence-corrected chi connectivity index (χ3v) is 3.13. The molecule has 2 rings (SSSR count). The van der Waals surface area contributed by atoms with E-state index in [0.29, 0.717) is 6.61 Å². The van der Waals surface area contributed by atoms with E-state index in [1.165, 1.54) is 6.07 Å². The standard InChI is InChI=1S/C17H20FNO/c1-14(15-7-5-8-16(18)13-15)19-11-6-12-20-17-9-3-2-4-10-17/h2-5,7-10,13-14,19H,6,11-12H2,1H3. The second-order valence-electron chi connectivity index (χ2n) is 4.75. The zero-order valence-electron chi connectivity index (χ0n) is 11.7. The number of hydrogen-bond acceptors (Lipinski definition) is 2. The van der Waals surface area contributed by atoms with E-state index >= 15 is 0 Å². The Morgan fingerprint density at radius 3 is 2.65 bits per heavy atom.